The van der Waals surface area contributed by atoms with Crippen molar-refractivity contribution in [2.24, 2.45) is 7.05 Å². The van der Waals surface area contributed by atoms with Crippen LogP contribution in [0.4, 0.5) is 0 Å². The Morgan fingerprint density at radius 3 is 2.42 bits per heavy atom. The van der Waals surface area contributed by atoms with Gasteiger partial charge in [-0.3, -0.25) is 4.79 Å². The Balaban J connectivity index is 1.51. The molecule has 6 nitrogen and oxygen atoms in total. The van der Waals surface area contributed by atoms with Gasteiger partial charge in [-0.15, -0.1) is 10.2 Å². The molecule has 0 saturated heterocycles. The Hall–Kier alpha value is -2.51. The average Bonchev–Trinajstić information content (AvgIpc) is 3.12. The topological polar surface area (TPSA) is 69.0 Å². The van der Waals surface area contributed by atoms with Gasteiger partial charge in [0.25, 0.3) is 0 Å². The first kappa shape index (κ1) is 23.2. The van der Waals surface area contributed by atoms with Gasteiger partial charge in [0.2, 0.25) is 5.91 Å². The molecule has 3 aromatic rings. The summed E-state index contributed by atoms with van der Waals surface area (Å²) in [6.07, 6.45) is -0.268. The molecule has 2 aromatic carbocycles. The van der Waals surface area contributed by atoms with Crippen LogP contribution in [-0.4, -0.2) is 26.4 Å². The third-order valence-electron chi connectivity index (χ3n) is 4.83. The van der Waals surface area contributed by atoms with Gasteiger partial charge >= 0.3 is 0 Å². The Morgan fingerprint density at radius 1 is 1.10 bits per heavy atom. The van der Waals surface area contributed by atoms with Crippen LogP contribution in [0.3, 0.4) is 0 Å². The standard InChI is InChI=1S/C23H27ClN4O2S/c1-15(2)18-7-11-20(12-8-18)30-16(3)22-26-27-23(28(22)4)31-14-21(29)25-13-17-5-9-19(24)10-6-17/h5-12,15-16H,13-14H2,1-4H3,(H,25,29). The molecule has 0 radical (unpaired) electrons. The van der Waals surface area contributed by atoms with Crippen molar-refractivity contribution in [3.8, 4) is 5.75 Å². The molecule has 3 rings (SSSR count). The van der Waals surface area contributed by atoms with Gasteiger partial charge in [0.1, 0.15) is 5.75 Å². The summed E-state index contributed by atoms with van der Waals surface area (Å²) in [6.45, 7) is 6.72. The van der Waals surface area contributed by atoms with E-state index in [4.69, 9.17) is 16.3 Å². The lowest BCUT2D eigenvalue weighted by Crippen LogP contribution is -2.24. The lowest BCUT2D eigenvalue weighted by molar-refractivity contribution is -0.118. The number of carbonyl (C=O) groups is 1. The first-order valence-electron chi connectivity index (χ1n) is 10.1. The van der Waals surface area contributed by atoms with Gasteiger partial charge in [-0.1, -0.05) is 61.5 Å². The van der Waals surface area contributed by atoms with E-state index in [1.807, 2.05) is 42.8 Å². The van der Waals surface area contributed by atoms with Crippen LogP contribution in [0.1, 0.15) is 49.7 Å². The highest BCUT2D eigenvalue weighted by Crippen LogP contribution is 2.25. The van der Waals surface area contributed by atoms with Gasteiger partial charge < -0.3 is 14.6 Å². The fourth-order valence-corrected chi connectivity index (χ4v) is 3.85. The van der Waals surface area contributed by atoms with Crippen molar-refractivity contribution in [3.05, 3.63) is 70.5 Å². The normalized spacial score (nSPS) is 12.1. The lowest BCUT2D eigenvalue weighted by Gasteiger charge is -2.15. The van der Waals surface area contributed by atoms with Crippen LogP contribution in [0, 0.1) is 0 Å². The maximum atomic E-state index is 12.2. The molecule has 0 fully saturated rings. The van der Waals surface area contributed by atoms with Gasteiger partial charge in [-0.2, -0.15) is 0 Å². The molecule has 0 aliphatic rings. The largest absolute Gasteiger partial charge is 0.483 e. The molecule has 1 N–H and O–H groups in total. The monoisotopic (exact) mass is 458 g/mol. The molecule has 1 heterocycles. The van der Waals surface area contributed by atoms with E-state index < -0.39 is 0 Å². The number of nitrogens with zero attached hydrogens (tertiary/aromatic N) is 3. The van der Waals surface area contributed by atoms with E-state index in [0.717, 1.165) is 11.3 Å². The lowest BCUT2D eigenvalue weighted by atomic mass is 10.0. The summed E-state index contributed by atoms with van der Waals surface area (Å²) in [5.41, 5.74) is 2.27. The molecule has 0 aliphatic carbocycles. The number of halogens is 1. The molecule has 1 amide bonds. The van der Waals surface area contributed by atoms with Gasteiger partial charge in [-0.05, 0) is 48.2 Å². The summed E-state index contributed by atoms with van der Waals surface area (Å²) in [5.74, 6) is 2.16. The number of hydrogen-bond acceptors (Lipinski definition) is 5. The number of hydrogen-bond donors (Lipinski definition) is 1. The van der Waals surface area contributed by atoms with Crippen molar-refractivity contribution in [1.82, 2.24) is 20.1 Å². The molecule has 1 unspecified atom stereocenters. The van der Waals surface area contributed by atoms with Crippen molar-refractivity contribution in [2.75, 3.05) is 5.75 Å². The zero-order valence-corrected chi connectivity index (χ0v) is 19.7. The molecule has 0 spiro atoms. The summed E-state index contributed by atoms with van der Waals surface area (Å²) in [5, 5.41) is 12.7. The third kappa shape index (κ3) is 6.48. The van der Waals surface area contributed by atoms with Crippen LogP contribution >= 0.6 is 23.4 Å². The highest BCUT2D eigenvalue weighted by molar-refractivity contribution is 7.99. The second kappa shape index (κ2) is 10.7. The molecule has 0 aliphatic heterocycles. The number of benzene rings is 2. The van der Waals surface area contributed by atoms with Gasteiger partial charge in [0.15, 0.2) is 17.1 Å². The Bertz CT molecular complexity index is 1000. The van der Waals surface area contributed by atoms with Gasteiger partial charge in [0.05, 0.1) is 5.75 Å². The number of ether oxygens (including phenoxy) is 1. The van der Waals surface area contributed by atoms with Crippen molar-refractivity contribution in [1.29, 1.82) is 0 Å². The maximum absolute atomic E-state index is 12.2. The summed E-state index contributed by atoms with van der Waals surface area (Å²) in [4.78, 5) is 12.2. The quantitative estimate of drug-likeness (QED) is 0.449. The minimum absolute atomic E-state index is 0.0703. The zero-order chi connectivity index (χ0) is 22.4. The number of nitrogens with one attached hydrogen (secondary N) is 1. The summed E-state index contributed by atoms with van der Waals surface area (Å²) in [7, 11) is 1.88. The molecule has 164 valence electrons. The van der Waals surface area contributed by atoms with E-state index in [2.05, 4.69) is 41.5 Å². The van der Waals surface area contributed by atoms with E-state index in [9.17, 15) is 4.79 Å². The van der Waals surface area contributed by atoms with Crippen molar-refractivity contribution in [2.45, 2.75) is 44.5 Å². The summed E-state index contributed by atoms with van der Waals surface area (Å²) < 4.78 is 7.89. The minimum Gasteiger partial charge on any atom is -0.483 e. The molecular weight excluding hydrogens is 432 g/mol. The Labute approximate surface area is 192 Å². The molecule has 1 aromatic heterocycles. The molecule has 1 atom stereocenters. The third-order valence-corrected chi connectivity index (χ3v) is 6.10. The highest BCUT2D eigenvalue weighted by atomic mass is 35.5. The van der Waals surface area contributed by atoms with Crippen LogP contribution in [0.2, 0.25) is 5.02 Å². The average molecular weight is 459 g/mol. The predicted molar refractivity (Wildman–Crippen MR) is 125 cm³/mol. The smallest absolute Gasteiger partial charge is 0.230 e. The fourth-order valence-electron chi connectivity index (χ4n) is 2.98. The first-order valence-corrected chi connectivity index (χ1v) is 11.5. The van der Waals surface area contributed by atoms with Crippen molar-refractivity contribution in [3.63, 3.8) is 0 Å². The van der Waals surface area contributed by atoms with Crippen LogP contribution in [0.15, 0.2) is 53.7 Å². The molecule has 31 heavy (non-hydrogen) atoms. The Kier molecular flexibility index (Phi) is 7.98. The second-order valence-electron chi connectivity index (χ2n) is 7.58. The fraction of sp³-hybridized carbons (Fsp3) is 0.348. The van der Waals surface area contributed by atoms with Crippen LogP contribution < -0.4 is 10.1 Å². The summed E-state index contributed by atoms with van der Waals surface area (Å²) >= 11 is 7.22. The second-order valence-corrected chi connectivity index (χ2v) is 8.95. The van der Waals surface area contributed by atoms with E-state index in [1.54, 1.807) is 12.1 Å². The molecule has 8 heteroatoms. The van der Waals surface area contributed by atoms with Crippen LogP contribution in [0.5, 0.6) is 5.75 Å². The number of aromatic nitrogens is 3. The number of carbonyl (C=O) groups excluding carboxylic acids is 1. The number of amides is 1. The summed E-state index contributed by atoms with van der Waals surface area (Å²) in [6, 6.07) is 15.5. The molecule has 0 saturated carbocycles. The zero-order valence-electron chi connectivity index (χ0n) is 18.1. The van der Waals surface area contributed by atoms with E-state index in [0.29, 0.717) is 28.5 Å². The van der Waals surface area contributed by atoms with Crippen molar-refractivity contribution >= 4 is 29.3 Å². The maximum Gasteiger partial charge on any atom is 0.230 e. The number of rotatable bonds is 9. The molecular formula is C23H27ClN4O2S. The minimum atomic E-state index is -0.268. The van der Waals surface area contributed by atoms with E-state index >= 15 is 0 Å². The van der Waals surface area contributed by atoms with E-state index in [-0.39, 0.29) is 17.8 Å². The predicted octanol–water partition coefficient (Wildman–Crippen LogP) is 5.14. The van der Waals surface area contributed by atoms with Crippen molar-refractivity contribution < 1.29 is 9.53 Å². The van der Waals surface area contributed by atoms with Gasteiger partial charge in [-0.25, -0.2) is 0 Å². The Morgan fingerprint density at radius 2 is 1.77 bits per heavy atom. The first-order chi connectivity index (χ1) is 14.8. The number of thioether (sulfide) groups is 1. The van der Waals surface area contributed by atoms with E-state index in [1.165, 1.54) is 17.3 Å². The molecule has 0 bridgehead atoms. The van der Waals surface area contributed by atoms with Crippen LogP contribution in [-0.2, 0) is 18.4 Å². The van der Waals surface area contributed by atoms with Crippen LogP contribution in [0.25, 0.3) is 0 Å². The highest BCUT2D eigenvalue weighted by Gasteiger charge is 2.18. The van der Waals surface area contributed by atoms with Gasteiger partial charge in [0, 0.05) is 18.6 Å². The SMILES string of the molecule is CC(C)c1ccc(OC(C)c2nnc(SCC(=O)NCc3ccc(Cl)cc3)n2C)cc1.